The minimum absolute atomic E-state index is 0.0294. The Morgan fingerprint density at radius 2 is 1.33 bits per heavy atom. The van der Waals surface area contributed by atoms with Gasteiger partial charge >= 0.3 is 29.8 Å². The molecule has 1 atom stereocenters. The number of ether oxygens (including phenoxy) is 1. The summed E-state index contributed by atoms with van der Waals surface area (Å²) < 4.78 is 4.41. The summed E-state index contributed by atoms with van der Waals surface area (Å²) in [4.78, 5) is 52.7. The van der Waals surface area contributed by atoms with E-state index in [9.17, 15) is 29.1 Å². The molecule has 11 heteroatoms. The second-order valence-electron chi connectivity index (χ2n) is 5.04. The fraction of sp³-hybridized carbons (Fsp3) is 0.312. The van der Waals surface area contributed by atoms with Gasteiger partial charge in [-0.3, -0.25) is 9.59 Å². The van der Waals surface area contributed by atoms with Gasteiger partial charge in [0.25, 0.3) is 0 Å². The molecule has 0 spiro atoms. The molecule has 0 aromatic heterocycles. The van der Waals surface area contributed by atoms with Crippen LogP contribution in [0.1, 0.15) is 40.5 Å². The van der Waals surface area contributed by atoms with Crippen molar-refractivity contribution in [3.05, 3.63) is 35.4 Å². The quantitative estimate of drug-likeness (QED) is 0.386. The highest BCUT2D eigenvalue weighted by Crippen LogP contribution is 2.16. The van der Waals surface area contributed by atoms with E-state index in [4.69, 9.17) is 20.4 Å². The monoisotopic (exact) mass is 386 g/mol. The van der Waals surface area contributed by atoms with Crippen molar-refractivity contribution < 1.29 is 54.2 Å². The Kier molecular flexibility index (Phi) is 9.16. The number of carbonyl (C=O) groups is 5. The SMILES string of the molecule is CCOC(=O)CC(O)(CC(=O)O)C(=O)O.O=C(O)c1ccccc1C(=O)O. The van der Waals surface area contributed by atoms with Gasteiger partial charge in [-0.1, -0.05) is 12.1 Å². The van der Waals surface area contributed by atoms with Gasteiger partial charge in [-0.25, -0.2) is 14.4 Å². The Hall–Kier alpha value is -3.47. The maximum absolute atomic E-state index is 10.9. The molecule has 0 aliphatic heterocycles. The number of aromatic carboxylic acids is 2. The van der Waals surface area contributed by atoms with Gasteiger partial charge < -0.3 is 30.3 Å². The van der Waals surface area contributed by atoms with Gasteiger partial charge in [-0.15, -0.1) is 0 Å². The summed E-state index contributed by atoms with van der Waals surface area (Å²) in [5.41, 5.74) is -2.99. The second-order valence-corrected chi connectivity index (χ2v) is 5.04. The minimum atomic E-state index is -2.61. The van der Waals surface area contributed by atoms with E-state index in [1.54, 1.807) is 0 Å². The van der Waals surface area contributed by atoms with Gasteiger partial charge in [0, 0.05) is 0 Å². The molecule has 1 rings (SSSR count). The van der Waals surface area contributed by atoms with Crippen molar-refractivity contribution in [2.45, 2.75) is 25.4 Å². The maximum Gasteiger partial charge on any atom is 0.336 e. The molecule has 5 N–H and O–H groups in total. The topological polar surface area (TPSA) is 196 Å². The zero-order valence-electron chi connectivity index (χ0n) is 14.1. The smallest absolute Gasteiger partial charge is 0.336 e. The fourth-order valence-corrected chi connectivity index (χ4v) is 1.77. The van der Waals surface area contributed by atoms with E-state index in [2.05, 4.69) is 4.74 Å². The number of rotatable bonds is 8. The Balaban J connectivity index is 0.000000511. The van der Waals surface area contributed by atoms with Crippen LogP contribution in [-0.2, 0) is 19.1 Å². The lowest BCUT2D eigenvalue weighted by Gasteiger charge is -2.19. The normalized spacial score (nSPS) is 11.9. The largest absolute Gasteiger partial charge is 0.481 e. The van der Waals surface area contributed by atoms with E-state index in [0.29, 0.717) is 0 Å². The molecular weight excluding hydrogens is 368 g/mol. The molecule has 0 amide bonds. The van der Waals surface area contributed by atoms with Crippen LogP contribution in [0.2, 0.25) is 0 Å². The van der Waals surface area contributed by atoms with Crippen molar-refractivity contribution in [2.75, 3.05) is 6.61 Å². The summed E-state index contributed by atoms with van der Waals surface area (Å²) in [7, 11) is 0. The summed E-state index contributed by atoms with van der Waals surface area (Å²) >= 11 is 0. The molecule has 11 nitrogen and oxygen atoms in total. The highest BCUT2D eigenvalue weighted by molar-refractivity contribution is 6.01. The Labute approximate surface area is 152 Å². The first kappa shape index (κ1) is 23.5. The van der Waals surface area contributed by atoms with Crippen molar-refractivity contribution in [1.82, 2.24) is 0 Å². The summed E-state index contributed by atoms with van der Waals surface area (Å²) in [6.45, 7) is 1.54. The van der Waals surface area contributed by atoms with Crippen molar-refractivity contribution in [2.24, 2.45) is 0 Å². The lowest BCUT2D eigenvalue weighted by Crippen LogP contribution is -2.43. The molecule has 1 aromatic carbocycles. The highest BCUT2D eigenvalue weighted by Gasteiger charge is 2.41. The third-order valence-electron chi connectivity index (χ3n) is 2.97. The molecular formula is C16H18O11. The van der Waals surface area contributed by atoms with E-state index in [0.717, 1.165) is 0 Å². The molecule has 0 fully saturated rings. The van der Waals surface area contributed by atoms with Crippen molar-refractivity contribution in [3.63, 3.8) is 0 Å². The molecule has 0 bridgehead atoms. The molecule has 148 valence electrons. The standard InChI is InChI=1S/C8H12O7.C8H6O4/c1-2-15-6(11)4-8(14,7(12)13)3-5(9)10;9-7(10)5-3-1-2-4-6(5)8(11)12/h14H,2-4H2,1H3,(H,9,10)(H,12,13);1-4H,(H,9,10)(H,11,12). The molecule has 0 aliphatic rings. The fourth-order valence-electron chi connectivity index (χ4n) is 1.77. The van der Waals surface area contributed by atoms with Crippen LogP contribution in [-0.4, -0.2) is 67.6 Å². The molecule has 0 radical (unpaired) electrons. The molecule has 0 saturated carbocycles. The number of esters is 1. The Bertz CT molecular complexity index is 692. The first-order valence-electron chi connectivity index (χ1n) is 7.33. The molecule has 1 aromatic rings. The summed E-state index contributed by atoms with van der Waals surface area (Å²) in [6.07, 6.45) is -1.94. The third-order valence-corrected chi connectivity index (χ3v) is 2.97. The predicted molar refractivity (Wildman–Crippen MR) is 86.4 cm³/mol. The van der Waals surface area contributed by atoms with Crippen molar-refractivity contribution in [3.8, 4) is 0 Å². The van der Waals surface area contributed by atoms with E-state index in [1.165, 1.54) is 31.2 Å². The van der Waals surface area contributed by atoms with E-state index >= 15 is 0 Å². The number of hydrogen-bond donors (Lipinski definition) is 5. The molecule has 0 aliphatic carbocycles. The lowest BCUT2D eigenvalue weighted by atomic mass is 9.96. The van der Waals surface area contributed by atoms with Gasteiger partial charge in [-0.05, 0) is 19.1 Å². The highest BCUT2D eigenvalue weighted by atomic mass is 16.5. The predicted octanol–water partition coefficient (Wildman–Crippen LogP) is 0.313. The van der Waals surface area contributed by atoms with E-state index in [-0.39, 0.29) is 17.7 Å². The maximum atomic E-state index is 10.9. The molecule has 0 heterocycles. The number of carboxylic acid groups (broad SMARTS) is 4. The molecule has 1 unspecified atom stereocenters. The number of carbonyl (C=O) groups excluding carboxylic acids is 1. The number of aliphatic carboxylic acids is 2. The van der Waals surface area contributed by atoms with Gasteiger partial charge in [0.2, 0.25) is 0 Å². The Morgan fingerprint density at radius 3 is 1.63 bits per heavy atom. The van der Waals surface area contributed by atoms with E-state index in [1.807, 2.05) is 0 Å². The van der Waals surface area contributed by atoms with Crippen LogP contribution in [0.5, 0.6) is 0 Å². The van der Waals surface area contributed by atoms with Crippen LogP contribution in [0, 0.1) is 0 Å². The van der Waals surface area contributed by atoms with Crippen LogP contribution < -0.4 is 0 Å². The number of aliphatic hydroxyl groups is 1. The average Bonchev–Trinajstić information content (AvgIpc) is 2.54. The zero-order valence-corrected chi connectivity index (χ0v) is 14.1. The van der Waals surface area contributed by atoms with Gasteiger partial charge in [0.1, 0.15) is 0 Å². The molecule has 0 saturated heterocycles. The van der Waals surface area contributed by atoms with Crippen LogP contribution in [0.3, 0.4) is 0 Å². The van der Waals surface area contributed by atoms with Gasteiger partial charge in [0.15, 0.2) is 5.60 Å². The summed E-state index contributed by atoms with van der Waals surface area (Å²) in [5.74, 6) is -6.69. The number of benzene rings is 1. The minimum Gasteiger partial charge on any atom is -0.481 e. The third kappa shape index (κ3) is 7.96. The van der Waals surface area contributed by atoms with Gasteiger partial charge in [-0.2, -0.15) is 0 Å². The Morgan fingerprint density at radius 1 is 0.889 bits per heavy atom. The average molecular weight is 386 g/mol. The van der Waals surface area contributed by atoms with Crippen molar-refractivity contribution >= 4 is 29.8 Å². The first-order valence-corrected chi connectivity index (χ1v) is 7.33. The number of carboxylic acids is 4. The summed E-state index contributed by atoms with van der Waals surface area (Å²) in [6, 6.07) is 5.48. The van der Waals surface area contributed by atoms with Gasteiger partial charge in [0.05, 0.1) is 30.6 Å². The van der Waals surface area contributed by atoms with E-state index < -0.39 is 48.3 Å². The van der Waals surface area contributed by atoms with Crippen molar-refractivity contribution in [1.29, 1.82) is 0 Å². The van der Waals surface area contributed by atoms with Crippen LogP contribution >= 0.6 is 0 Å². The summed E-state index contributed by atoms with van der Waals surface area (Å²) in [5, 5.41) is 43.4. The molecule has 27 heavy (non-hydrogen) atoms. The van der Waals surface area contributed by atoms with Crippen LogP contribution in [0.15, 0.2) is 24.3 Å². The lowest BCUT2D eigenvalue weighted by molar-refractivity contribution is -0.171. The van der Waals surface area contributed by atoms with Crippen LogP contribution in [0.25, 0.3) is 0 Å². The van der Waals surface area contributed by atoms with Crippen LogP contribution in [0.4, 0.5) is 0 Å². The zero-order chi connectivity index (χ0) is 21.2. The number of hydrogen-bond acceptors (Lipinski definition) is 7. The second kappa shape index (κ2) is 10.5. The first-order chi connectivity index (χ1) is 12.4.